The van der Waals surface area contributed by atoms with Crippen molar-refractivity contribution < 1.29 is 13.5 Å². The monoisotopic (exact) mass is 230 g/mol. The Labute approximate surface area is 93.6 Å². The van der Waals surface area contributed by atoms with Crippen molar-refractivity contribution in [3.8, 4) is 5.75 Å². The first-order chi connectivity index (χ1) is 7.51. The number of nitrogens with two attached hydrogens (primary N) is 1. The van der Waals surface area contributed by atoms with Gasteiger partial charge in [0, 0.05) is 23.7 Å². The number of ether oxygens (including phenoxy) is 1. The normalized spacial score (nSPS) is 14.6. The van der Waals surface area contributed by atoms with Crippen molar-refractivity contribution in [1.82, 2.24) is 5.32 Å². The highest BCUT2D eigenvalue weighted by Gasteiger charge is 2.20. The minimum absolute atomic E-state index is 0.110. The molecule has 0 amide bonds. The highest BCUT2D eigenvalue weighted by molar-refractivity contribution is 5.33. The Morgan fingerprint density at radius 3 is 2.38 bits per heavy atom. The molecular formula is C11H16F2N2O. The van der Waals surface area contributed by atoms with Crippen LogP contribution in [-0.4, -0.2) is 20.2 Å². The highest BCUT2D eigenvalue weighted by atomic mass is 19.1. The zero-order valence-electron chi connectivity index (χ0n) is 9.55. The third kappa shape index (κ3) is 2.48. The van der Waals surface area contributed by atoms with Gasteiger partial charge >= 0.3 is 0 Å². The molecule has 1 aromatic carbocycles. The van der Waals surface area contributed by atoms with Gasteiger partial charge in [-0.2, -0.15) is 0 Å². The number of methoxy groups -OCH3 is 1. The lowest BCUT2D eigenvalue weighted by atomic mass is 10.0. The van der Waals surface area contributed by atoms with E-state index in [1.54, 1.807) is 14.0 Å². The van der Waals surface area contributed by atoms with Gasteiger partial charge in [0.1, 0.15) is 5.82 Å². The smallest absolute Gasteiger partial charge is 0.165 e. The number of nitrogens with one attached hydrogen (secondary N) is 1. The van der Waals surface area contributed by atoms with Gasteiger partial charge in [0.25, 0.3) is 0 Å². The number of rotatable bonds is 4. The molecule has 0 aliphatic rings. The van der Waals surface area contributed by atoms with Crippen molar-refractivity contribution in [1.29, 1.82) is 0 Å². The maximum Gasteiger partial charge on any atom is 0.165 e. The Kier molecular flexibility index (Phi) is 4.20. The molecule has 3 nitrogen and oxygen atoms in total. The lowest BCUT2D eigenvalue weighted by molar-refractivity contribution is 0.378. The number of likely N-dealkylation sites (N-methyl/N-ethyl adjacent to an activating group) is 1. The molecule has 0 aliphatic heterocycles. The maximum absolute atomic E-state index is 13.7. The Morgan fingerprint density at radius 1 is 1.31 bits per heavy atom. The molecule has 0 radical (unpaired) electrons. The molecule has 1 aromatic rings. The summed E-state index contributed by atoms with van der Waals surface area (Å²) >= 11 is 0. The van der Waals surface area contributed by atoms with E-state index in [1.807, 2.05) is 0 Å². The minimum atomic E-state index is -0.597. The number of hydrogen-bond acceptors (Lipinski definition) is 3. The van der Waals surface area contributed by atoms with Crippen molar-refractivity contribution in [2.75, 3.05) is 14.2 Å². The van der Waals surface area contributed by atoms with Crippen molar-refractivity contribution in [3.05, 3.63) is 29.3 Å². The van der Waals surface area contributed by atoms with Crippen LogP contribution in [0.1, 0.15) is 18.5 Å². The molecule has 90 valence electrons. The van der Waals surface area contributed by atoms with Crippen LogP contribution in [0.5, 0.6) is 5.75 Å². The average Bonchev–Trinajstić information content (AvgIpc) is 2.23. The van der Waals surface area contributed by atoms with Crippen LogP contribution in [0.3, 0.4) is 0 Å². The van der Waals surface area contributed by atoms with Crippen molar-refractivity contribution in [3.63, 3.8) is 0 Å². The summed E-state index contributed by atoms with van der Waals surface area (Å²) in [5, 5.41) is 2.85. The summed E-state index contributed by atoms with van der Waals surface area (Å²) in [7, 11) is 2.94. The fourth-order valence-electron chi connectivity index (χ4n) is 1.64. The van der Waals surface area contributed by atoms with Crippen LogP contribution in [0.25, 0.3) is 0 Å². The Morgan fingerprint density at radius 2 is 1.94 bits per heavy atom. The molecule has 16 heavy (non-hydrogen) atoms. The van der Waals surface area contributed by atoms with E-state index in [2.05, 4.69) is 10.1 Å². The molecule has 0 aliphatic carbocycles. The fraction of sp³-hybridized carbons (Fsp3) is 0.455. The highest BCUT2D eigenvalue weighted by Crippen LogP contribution is 2.26. The molecule has 0 bridgehead atoms. The van der Waals surface area contributed by atoms with Gasteiger partial charge in [0.05, 0.1) is 7.11 Å². The summed E-state index contributed by atoms with van der Waals surface area (Å²) in [6.07, 6.45) is 0. The van der Waals surface area contributed by atoms with Crippen molar-refractivity contribution in [2.45, 2.75) is 19.0 Å². The SMILES string of the molecule is CNC(c1cc(F)c(OC)cc1F)C(C)N. The summed E-state index contributed by atoms with van der Waals surface area (Å²) in [5.41, 5.74) is 5.89. The number of halogens is 2. The van der Waals surface area contributed by atoms with E-state index in [-0.39, 0.29) is 17.4 Å². The molecule has 0 spiro atoms. The molecule has 3 N–H and O–H groups in total. The first-order valence-electron chi connectivity index (χ1n) is 4.97. The summed E-state index contributed by atoms with van der Waals surface area (Å²) < 4.78 is 31.8. The van der Waals surface area contributed by atoms with Gasteiger partial charge in [-0.3, -0.25) is 0 Å². The summed E-state index contributed by atoms with van der Waals surface area (Å²) in [6, 6.07) is 1.38. The lowest BCUT2D eigenvalue weighted by Gasteiger charge is -2.21. The third-order valence-corrected chi connectivity index (χ3v) is 2.44. The van der Waals surface area contributed by atoms with Crippen LogP contribution >= 0.6 is 0 Å². The minimum Gasteiger partial charge on any atom is -0.494 e. The van der Waals surface area contributed by atoms with Gasteiger partial charge in [0.2, 0.25) is 0 Å². The average molecular weight is 230 g/mol. The van der Waals surface area contributed by atoms with Crippen LogP contribution in [0.2, 0.25) is 0 Å². The van der Waals surface area contributed by atoms with E-state index in [0.717, 1.165) is 12.1 Å². The molecule has 5 heteroatoms. The second-order valence-corrected chi connectivity index (χ2v) is 3.63. The van der Waals surface area contributed by atoms with Crippen LogP contribution in [0.15, 0.2) is 12.1 Å². The van der Waals surface area contributed by atoms with Gasteiger partial charge in [0.15, 0.2) is 11.6 Å². The van der Waals surface area contributed by atoms with E-state index in [4.69, 9.17) is 5.73 Å². The Balaban J connectivity index is 3.18. The van der Waals surface area contributed by atoms with Gasteiger partial charge in [-0.25, -0.2) is 8.78 Å². The zero-order chi connectivity index (χ0) is 12.3. The van der Waals surface area contributed by atoms with Gasteiger partial charge in [-0.15, -0.1) is 0 Å². The molecular weight excluding hydrogens is 214 g/mol. The first kappa shape index (κ1) is 12.9. The molecule has 0 fully saturated rings. The lowest BCUT2D eigenvalue weighted by Crippen LogP contribution is -2.34. The predicted molar refractivity (Wildman–Crippen MR) is 58.4 cm³/mol. The van der Waals surface area contributed by atoms with Crippen LogP contribution in [0.4, 0.5) is 8.78 Å². The fourth-order valence-corrected chi connectivity index (χ4v) is 1.64. The summed E-state index contributed by atoms with van der Waals surface area (Å²) in [5.74, 6) is -1.24. The van der Waals surface area contributed by atoms with Crippen molar-refractivity contribution >= 4 is 0 Å². The van der Waals surface area contributed by atoms with E-state index in [0.29, 0.717) is 0 Å². The third-order valence-electron chi connectivity index (χ3n) is 2.44. The number of benzene rings is 1. The van der Waals surface area contributed by atoms with Gasteiger partial charge in [-0.1, -0.05) is 0 Å². The molecule has 0 heterocycles. The van der Waals surface area contributed by atoms with E-state index >= 15 is 0 Å². The standard InChI is InChI=1S/C11H16F2N2O/c1-6(14)11(15-2)7-4-9(13)10(16-3)5-8(7)12/h4-6,11,15H,14H2,1-3H3. The van der Waals surface area contributed by atoms with Crippen LogP contribution in [-0.2, 0) is 0 Å². The molecule has 2 unspecified atom stereocenters. The van der Waals surface area contributed by atoms with Crippen molar-refractivity contribution in [2.24, 2.45) is 5.73 Å². The Bertz CT molecular complexity index is 369. The molecule has 2 atom stereocenters. The summed E-state index contributed by atoms with van der Waals surface area (Å²) in [6.45, 7) is 1.72. The molecule has 0 saturated heterocycles. The molecule has 1 rings (SSSR count). The molecule has 0 aromatic heterocycles. The van der Waals surface area contributed by atoms with Gasteiger partial charge < -0.3 is 15.8 Å². The maximum atomic E-state index is 13.7. The largest absolute Gasteiger partial charge is 0.494 e. The van der Waals surface area contributed by atoms with Crippen LogP contribution in [0, 0.1) is 11.6 Å². The molecule has 0 saturated carbocycles. The number of hydrogen-bond donors (Lipinski definition) is 2. The topological polar surface area (TPSA) is 47.3 Å². The van der Waals surface area contributed by atoms with E-state index < -0.39 is 17.7 Å². The predicted octanol–water partition coefficient (Wildman–Crippen LogP) is 1.58. The zero-order valence-corrected chi connectivity index (χ0v) is 9.55. The second kappa shape index (κ2) is 5.23. The first-order valence-corrected chi connectivity index (χ1v) is 4.97. The van der Waals surface area contributed by atoms with E-state index in [1.165, 1.54) is 7.11 Å². The van der Waals surface area contributed by atoms with Gasteiger partial charge in [-0.05, 0) is 20.0 Å². The van der Waals surface area contributed by atoms with Crippen LogP contribution < -0.4 is 15.8 Å². The van der Waals surface area contributed by atoms with E-state index in [9.17, 15) is 8.78 Å². The Hall–Kier alpha value is -1.20. The second-order valence-electron chi connectivity index (χ2n) is 3.63. The summed E-state index contributed by atoms with van der Waals surface area (Å²) in [4.78, 5) is 0. The quantitative estimate of drug-likeness (QED) is 0.825.